The Bertz CT molecular complexity index is 664. The van der Waals surface area contributed by atoms with E-state index in [1.165, 1.54) is 19.2 Å². The van der Waals surface area contributed by atoms with Gasteiger partial charge in [-0.05, 0) is 30.9 Å². The molecule has 3 rings (SSSR count). The first-order valence-corrected chi connectivity index (χ1v) is 6.82. The summed E-state index contributed by atoms with van der Waals surface area (Å²) in [6.45, 7) is 2.19. The van der Waals surface area contributed by atoms with Crippen LogP contribution in [0, 0.1) is 5.92 Å². The summed E-state index contributed by atoms with van der Waals surface area (Å²) >= 11 is 0. The molecule has 1 saturated carbocycles. The minimum atomic E-state index is -0.180. The van der Waals surface area contributed by atoms with Crippen LogP contribution in [-0.2, 0) is 4.74 Å². The van der Waals surface area contributed by atoms with Crippen LogP contribution in [0.15, 0.2) is 23.3 Å². The zero-order valence-electron chi connectivity index (χ0n) is 11.2. The normalized spacial score (nSPS) is 14.6. The van der Waals surface area contributed by atoms with E-state index in [4.69, 9.17) is 10.5 Å². The van der Waals surface area contributed by atoms with Gasteiger partial charge in [0.15, 0.2) is 0 Å². The fourth-order valence-corrected chi connectivity index (χ4v) is 2.08. The zero-order chi connectivity index (χ0) is 13.9. The fraction of sp³-hybridized carbons (Fsp3) is 0.429. The number of hydrogen-bond acceptors (Lipinski definition) is 5. The summed E-state index contributed by atoms with van der Waals surface area (Å²) in [6, 6.07) is 3.44. The van der Waals surface area contributed by atoms with Crippen molar-refractivity contribution in [2.45, 2.75) is 12.8 Å². The Morgan fingerprint density at radius 2 is 2.30 bits per heavy atom. The number of hydrogen-bond donors (Lipinski definition) is 3. The number of aromatic nitrogens is 2. The molecular formula is C14H18N4O2. The van der Waals surface area contributed by atoms with Gasteiger partial charge in [-0.15, -0.1) is 0 Å². The SMILES string of the molecule is Nc1cc2c(=O)[nH]cnc2cc1NCCOCC1CC1. The maximum absolute atomic E-state index is 11.6. The average Bonchev–Trinajstić information content (AvgIpc) is 3.24. The smallest absolute Gasteiger partial charge is 0.258 e. The standard InChI is InChI=1S/C14H18N4O2/c15-11-5-10-12(17-8-18-14(10)19)6-13(11)16-3-4-20-7-9-1-2-9/h5-6,8-9,16H,1-4,7,15H2,(H,17,18,19). The Hall–Kier alpha value is -2.08. The highest BCUT2D eigenvalue weighted by molar-refractivity contribution is 5.88. The van der Waals surface area contributed by atoms with Gasteiger partial charge in [-0.3, -0.25) is 4.79 Å². The summed E-state index contributed by atoms with van der Waals surface area (Å²) in [5.74, 6) is 0.775. The lowest BCUT2D eigenvalue weighted by molar-refractivity contribution is 0.134. The molecule has 0 atom stereocenters. The first kappa shape index (κ1) is 12.9. The largest absolute Gasteiger partial charge is 0.397 e. The number of rotatable bonds is 6. The maximum atomic E-state index is 11.6. The number of nitrogens with one attached hydrogen (secondary N) is 2. The molecule has 0 aliphatic heterocycles. The Balaban J connectivity index is 1.64. The number of nitrogens with two attached hydrogens (primary N) is 1. The van der Waals surface area contributed by atoms with Crippen LogP contribution in [0.4, 0.5) is 11.4 Å². The number of nitrogen functional groups attached to an aromatic ring is 1. The minimum absolute atomic E-state index is 0.180. The lowest BCUT2D eigenvalue weighted by Crippen LogP contribution is -2.13. The Labute approximate surface area is 116 Å². The summed E-state index contributed by atoms with van der Waals surface area (Å²) in [4.78, 5) is 18.3. The molecule has 6 nitrogen and oxygen atoms in total. The number of ether oxygens (including phenoxy) is 1. The molecule has 4 N–H and O–H groups in total. The molecule has 0 spiro atoms. The van der Waals surface area contributed by atoms with E-state index in [1.807, 2.05) is 0 Å². The van der Waals surface area contributed by atoms with E-state index in [-0.39, 0.29) is 5.56 Å². The van der Waals surface area contributed by atoms with Crippen LogP contribution < -0.4 is 16.6 Å². The number of anilines is 2. The third-order valence-electron chi connectivity index (χ3n) is 3.42. The van der Waals surface area contributed by atoms with Gasteiger partial charge in [0.2, 0.25) is 0 Å². The molecule has 0 amide bonds. The first-order valence-electron chi connectivity index (χ1n) is 6.82. The van der Waals surface area contributed by atoms with Crippen molar-refractivity contribution in [3.05, 3.63) is 28.8 Å². The second-order valence-electron chi connectivity index (χ2n) is 5.13. The van der Waals surface area contributed by atoms with Crippen molar-refractivity contribution in [2.75, 3.05) is 30.8 Å². The molecule has 0 radical (unpaired) electrons. The van der Waals surface area contributed by atoms with Gasteiger partial charge >= 0.3 is 0 Å². The lowest BCUT2D eigenvalue weighted by Gasteiger charge is -2.10. The summed E-state index contributed by atoms with van der Waals surface area (Å²) in [5, 5.41) is 3.72. The molecule has 106 valence electrons. The van der Waals surface area contributed by atoms with Crippen molar-refractivity contribution >= 4 is 22.3 Å². The number of benzene rings is 1. The number of fused-ring (bicyclic) bond motifs is 1. The van der Waals surface area contributed by atoms with Gasteiger partial charge in [-0.1, -0.05) is 0 Å². The van der Waals surface area contributed by atoms with Crippen molar-refractivity contribution in [2.24, 2.45) is 5.92 Å². The molecule has 0 bridgehead atoms. The fourth-order valence-electron chi connectivity index (χ4n) is 2.08. The van der Waals surface area contributed by atoms with Crippen LogP contribution in [0.3, 0.4) is 0 Å². The van der Waals surface area contributed by atoms with Gasteiger partial charge in [-0.25, -0.2) is 4.98 Å². The molecule has 0 unspecified atom stereocenters. The van der Waals surface area contributed by atoms with E-state index in [9.17, 15) is 4.79 Å². The Morgan fingerprint density at radius 3 is 3.10 bits per heavy atom. The number of nitrogens with zero attached hydrogens (tertiary/aromatic N) is 1. The molecule has 1 fully saturated rings. The first-order chi connectivity index (χ1) is 9.74. The van der Waals surface area contributed by atoms with E-state index in [2.05, 4.69) is 15.3 Å². The maximum Gasteiger partial charge on any atom is 0.258 e. The van der Waals surface area contributed by atoms with Crippen molar-refractivity contribution in [3.8, 4) is 0 Å². The van der Waals surface area contributed by atoms with E-state index >= 15 is 0 Å². The second-order valence-corrected chi connectivity index (χ2v) is 5.13. The molecular weight excluding hydrogens is 256 g/mol. The summed E-state index contributed by atoms with van der Waals surface area (Å²) < 4.78 is 5.55. The van der Waals surface area contributed by atoms with Crippen molar-refractivity contribution in [3.63, 3.8) is 0 Å². The molecule has 6 heteroatoms. The van der Waals surface area contributed by atoms with Gasteiger partial charge in [0, 0.05) is 13.2 Å². The second kappa shape index (κ2) is 5.50. The highest BCUT2D eigenvalue weighted by Gasteiger charge is 2.20. The predicted octanol–water partition coefficient (Wildman–Crippen LogP) is 1.34. The number of aromatic amines is 1. The van der Waals surface area contributed by atoms with E-state index < -0.39 is 0 Å². The monoisotopic (exact) mass is 274 g/mol. The number of H-pyrrole nitrogens is 1. The zero-order valence-corrected chi connectivity index (χ0v) is 11.2. The molecule has 1 aliphatic rings. The van der Waals surface area contributed by atoms with E-state index in [0.29, 0.717) is 29.7 Å². The lowest BCUT2D eigenvalue weighted by atomic mass is 10.2. The van der Waals surface area contributed by atoms with Crippen molar-refractivity contribution in [1.82, 2.24) is 9.97 Å². The van der Waals surface area contributed by atoms with Crippen LogP contribution >= 0.6 is 0 Å². The van der Waals surface area contributed by atoms with Crippen LogP contribution in [0.1, 0.15) is 12.8 Å². The van der Waals surface area contributed by atoms with Crippen molar-refractivity contribution in [1.29, 1.82) is 0 Å². The Kier molecular flexibility index (Phi) is 3.56. The quantitative estimate of drug-likeness (QED) is 0.546. The molecule has 0 saturated heterocycles. The molecule has 20 heavy (non-hydrogen) atoms. The molecule has 1 aliphatic carbocycles. The van der Waals surface area contributed by atoms with Crippen LogP contribution in [0.2, 0.25) is 0 Å². The summed E-state index contributed by atoms with van der Waals surface area (Å²) in [5.41, 5.74) is 7.72. The van der Waals surface area contributed by atoms with Crippen molar-refractivity contribution < 1.29 is 4.74 Å². The molecule has 1 aromatic heterocycles. The highest BCUT2D eigenvalue weighted by atomic mass is 16.5. The average molecular weight is 274 g/mol. The summed E-state index contributed by atoms with van der Waals surface area (Å²) in [7, 11) is 0. The van der Waals surface area contributed by atoms with Gasteiger partial charge in [-0.2, -0.15) is 0 Å². The minimum Gasteiger partial charge on any atom is -0.397 e. The highest BCUT2D eigenvalue weighted by Crippen LogP contribution is 2.28. The van der Waals surface area contributed by atoms with Crippen LogP contribution in [0.5, 0.6) is 0 Å². The van der Waals surface area contributed by atoms with Gasteiger partial charge in [0.05, 0.1) is 35.2 Å². The molecule has 2 aromatic rings. The van der Waals surface area contributed by atoms with Crippen LogP contribution in [0.25, 0.3) is 10.9 Å². The third-order valence-corrected chi connectivity index (χ3v) is 3.42. The van der Waals surface area contributed by atoms with Gasteiger partial charge in [0.1, 0.15) is 0 Å². The Morgan fingerprint density at radius 1 is 1.45 bits per heavy atom. The summed E-state index contributed by atoms with van der Waals surface area (Å²) in [6.07, 6.45) is 3.99. The van der Waals surface area contributed by atoms with Gasteiger partial charge < -0.3 is 20.8 Å². The molecule has 1 heterocycles. The topological polar surface area (TPSA) is 93.0 Å². The van der Waals surface area contributed by atoms with Crippen LogP contribution in [-0.4, -0.2) is 29.7 Å². The van der Waals surface area contributed by atoms with Gasteiger partial charge in [0.25, 0.3) is 5.56 Å². The predicted molar refractivity (Wildman–Crippen MR) is 78.8 cm³/mol. The van der Waals surface area contributed by atoms with E-state index in [0.717, 1.165) is 18.2 Å². The third kappa shape index (κ3) is 2.91. The molecule has 1 aromatic carbocycles. The van der Waals surface area contributed by atoms with E-state index in [1.54, 1.807) is 12.1 Å².